The highest BCUT2D eigenvalue weighted by Gasteiger charge is 2.42. The van der Waals surface area contributed by atoms with Crippen molar-refractivity contribution in [3.8, 4) is 11.1 Å². The molecule has 0 radical (unpaired) electrons. The maximum absolute atomic E-state index is 13.5. The number of nitro benzene ring substituents is 3. The van der Waals surface area contributed by atoms with Crippen LogP contribution >= 0.6 is 58.4 Å². The van der Waals surface area contributed by atoms with Gasteiger partial charge in [0.2, 0.25) is 0 Å². The van der Waals surface area contributed by atoms with Gasteiger partial charge in [-0.05, 0) is 5.56 Å². The molecule has 1 aliphatic carbocycles. The molecule has 0 spiro atoms. The van der Waals surface area contributed by atoms with Gasteiger partial charge in [-0.25, -0.2) is 4.79 Å². The van der Waals surface area contributed by atoms with Crippen molar-refractivity contribution in [3.63, 3.8) is 0 Å². The monoisotopic (exact) mass is 735 g/mol. The third-order valence-electron chi connectivity index (χ3n) is 6.86. The van der Waals surface area contributed by atoms with Crippen LogP contribution in [0.2, 0.25) is 0 Å². The van der Waals surface area contributed by atoms with Crippen LogP contribution in [0.1, 0.15) is 21.5 Å². The van der Waals surface area contributed by atoms with Gasteiger partial charge in [0.1, 0.15) is 6.61 Å². The van der Waals surface area contributed by atoms with E-state index in [2.05, 4.69) is 0 Å². The molecule has 3 heterocycles. The first-order valence-electron chi connectivity index (χ1n) is 13.6. The van der Waals surface area contributed by atoms with Gasteiger partial charge in [-0.3, -0.25) is 30.3 Å². The van der Waals surface area contributed by atoms with Crippen molar-refractivity contribution in [2.45, 2.75) is 9.79 Å². The first kappa shape index (κ1) is 33.5. The quantitative estimate of drug-likeness (QED) is 0.0568. The molecule has 2 aromatic carbocycles. The van der Waals surface area contributed by atoms with Gasteiger partial charge >= 0.3 is 5.97 Å². The smallest absolute Gasteiger partial charge is 0.339 e. The SMILES string of the molecule is COCCOCCOCCOC(=O)c1cc([N+](=O)[O-])cc2c1-c1c(cc([N+](=O)[O-])cc1[N+](=O)[O-])C2=C1SC2=C(S1)Sc1cscc1S2. The Morgan fingerprint density at radius 2 is 1.23 bits per heavy atom. The Bertz CT molecular complexity index is 1860. The average molecular weight is 736 g/mol. The standard InChI is InChI=1S/C28H21N3O11S5/c1-39-2-3-40-4-5-41-6-7-42-25(32)18-10-14(29(33)34)8-16-22(18)24-17(9-15(30(35)36)11-19(24)31(37)38)23(16)26-46-27-28(47-26)45-21-13-43-12-20(21)44-27/h8-13H,2-7H2,1H3. The zero-order valence-electron chi connectivity index (χ0n) is 24.1. The van der Waals surface area contributed by atoms with Crippen molar-refractivity contribution in [1.29, 1.82) is 0 Å². The summed E-state index contributed by atoms with van der Waals surface area (Å²) in [4.78, 5) is 49.9. The highest BCUT2D eigenvalue weighted by Crippen LogP contribution is 2.67. The predicted octanol–water partition coefficient (Wildman–Crippen LogP) is 7.51. The number of nitrogens with zero attached hydrogens (tertiary/aromatic N) is 3. The number of fused-ring (bicyclic) bond motifs is 4. The molecule has 1 aromatic heterocycles. The molecule has 0 fully saturated rings. The summed E-state index contributed by atoms with van der Waals surface area (Å²) in [5, 5.41) is 40.4. The van der Waals surface area contributed by atoms with Crippen LogP contribution in [0.25, 0.3) is 16.7 Å². The van der Waals surface area contributed by atoms with Gasteiger partial charge in [0.15, 0.2) is 0 Å². The molecule has 3 aliphatic rings. The second kappa shape index (κ2) is 14.4. The van der Waals surface area contributed by atoms with E-state index in [0.29, 0.717) is 29.6 Å². The van der Waals surface area contributed by atoms with Gasteiger partial charge in [0, 0.05) is 62.6 Å². The molecule has 14 nitrogen and oxygen atoms in total. The summed E-state index contributed by atoms with van der Waals surface area (Å²) in [6, 6.07) is 4.29. The summed E-state index contributed by atoms with van der Waals surface area (Å²) in [6.07, 6.45) is 0. The number of carbonyl (C=O) groups excluding carboxylic acids is 1. The van der Waals surface area contributed by atoms with Crippen LogP contribution in [0.15, 0.2) is 57.5 Å². The minimum absolute atomic E-state index is 0.0000619. The van der Waals surface area contributed by atoms with Gasteiger partial charge in [0.25, 0.3) is 17.1 Å². The van der Waals surface area contributed by atoms with Crippen LogP contribution in [0.5, 0.6) is 0 Å². The Labute approximate surface area is 286 Å². The second-order valence-electron chi connectivity index (χ2n) is 9.67. The number of thiophene rings is 1. The summed E-state index contributed by atoms with van der Waals surface area (Å²) >= 11 is 7.47. The molecule has 19 heteroatoms. The Balaban J connectivity index is 1.40. The van der Waals surface area contributed by atoms with E-state index in [1.165, 1.54) is 35.7 Å². The van der Waals surface area contributed by atoms with Gasteiger partial charge in [-0.2, -0.15) is 11.3 Å². The van der Waals surface area contributed by atoms with Crippen LogP contribution in [0, 0.1) is 30.3 Å². The molecule has 0 N–H and O–H groups in total. The van der Waals surface area contributed by atoms with Crippen LogP contribution in [-0.2, 0) is 18.9 Å². The van der Waals surface area contributed by atoms with E-state index < -0.39 is 37.8 Å². The zero-order valence-corrected chi connectivity index (χ0v) is 28.2. The molecule has 0 unspecified atom stereocenters. The lowest BCUT2D eigenvalue weighted by molar-refractivity contribution is -0.393. The number of non-ortho nitro benzene ring substituents is 2. The molecule has 0 saturated carbocycles. The zero-order chi connectivity index (χ0) is 33.2. The van der Waals surface area contributed by atoms with Crippen LogP contribution in [0.4, 0.5) is 17.1 Å². The van der Waals surface area contributed by atoms with Crippen LogP contribution in [0.3, 0.4) is 0 Å². The molecule has 0 amide bonds. The largest absolute Gasteiger partial charge is 0.460 e. The number of esters is 1. The van der Waals surface area contributed by atoms with Crippen molar-refractivity contribution in [2.75, 3.05) is 46.8 Å². The number of nitro groups is 3. The van der Waals surface area contributed by atoms with Gasteiger partial charge in [-0.15, -0.1) is 0 Å². The normalized spacial score (nSPS) is 14.5. The molecule has 47 heavy (non-hydrogen) atoms. The number of benzene rings is 2. The summed E-state index contributed by atoms with van der Waals surface area (Å²) in [5.74, 6) is -0.964. The van der Waals surface area contributed by atoms with Crippen molar-refractivity contribution in [2.24, 2.45) is 0 Å². The molecule has 6 rings (SSSR count). The predicted molar refractivity (Wildman–Crippen MR) is 180 cm³/mol. The molecule has 2 aliphatic heterocycles. The lowest BCUT2D eigenvalue weighted by Crippen LogP contribution is -2.15. The maximum atomic E-state index is 13.5. The Morgan fingerprint density at radius 1 is 0.681 bits per heavy atom. The third-order valence-corrected chi connectivity index (χ3v) is 13.5. The molecular weight excluding hydrogens is 715 g/mol. The van der Waals surface area contributed by atoms with E-state index in [9.17, 15) is 35.1 Å². The lowest BCUT2D eigenvalue weighted by atomic mass is 9.97. The van der Waals surface area contributed by atoms with E-state index in [1.807, 2.05) is 10.8 Å². The number of rotatable bonds is 13. The Hall–Kier alpha value is -3.43. The van der Waals surface area contributed by atoms with Gasteiger partial charge in [0.05, 0.1) is 77.7 Å². The number of ether oxygens (including phenoxy) is 4. The minimum Gasteiger partial charge on any atom is -0.460 e. The molecule has 0 saturated heterocycles. The topological polar surface area (TPSA) is 183 Å². The van der Waals surface area contributed by atoms with Crippen molar-refractivity contribution in [1.82, 2.24) is 0 Å². The third kappa shape index (κ3) is 6.79. The molecule has 0 atom stereocenters. The maximum Gasteiger partial charge on any atom is 0.339 e. The van der Waals surface area contributed by atoms with Gasteiger partial charge < -0.3 is 18.9 Å². The first-order valence-corrected chi connectivity index (χ1v) is 17.8. The number of methoxy groups -OCH3 is 1. The summed E-state index contributed by atoms with van der Waals surface area (Å²) < 4.78 is 23.6. The fourth-order valence-electron chi connectivity index (χ4n) is 4.90. The van der Waals surface area contributed by atoms with Crippen LogP contribution in [-0.4, -0.2) is 67.5 Å². The van der Waals surface area contributed by atoms with Crippen molar-refractivity contribution >= 4 is 87.0 Å². The van der Waals surface area contributed by atoms with Crippen molar-refractivity contribution < 1.29 is 38.5 Å². The number of thioether (sulfide) groups is 4. The Morgan fingerprint density at radius 3 is 1.81 bits per heavy atom. The summed E-state index contributed by atoms with van der Waals surface area (Å²) in [5.41, 5.74) is -1.22. The first-order chi connectivity index (χ1) is 22.7. The average Bonchev–Trinajstić information content (AvgIpc) is 3.76. The molecular formula is C28H21N3O11S5. The molecule has 0 bridgehead atoms. The summed E-state index contributed by atoms with van der Waals surface area (Å²) in [7, 11) is 1.55. The van der Waals surface area contributed by atoms with Crippen molar-refractivity contribution in [3.05, 3.63) is 94.8 Å². The number of hydrogen-bond acceptors (Lipinski definition) is 16. The fourth-order valence-corrected chi connectivity index (χ4v) is 12.0. The minimum atomic E-state index is -0.964. The van der Waals surface area contributed by atoms with E-state index in [-0.39, 0.29) is 47.6 Å². The lowest BCUT2D eigenvalue weighted by Gasteiger charge is -2.11. The molecule has 3 aromatic rings. The highest BCUT2D eigenvalue weighted by molar-refractivity contribution is 8.41. The fraction of sp³-hybridized carbons (Fsp3) is 0.250. The van der Waals surface area contributed by atoms with Crippen LogP contribution < -0.4 is 0 Å². The molecule has 244 valence electrons. The number of carbonyl (C=O) groups is 1. The Kier molecular flexibility index (Phi) is 10.2. The van der Waals surface area contributed by atoms with Gasteiger partial charge in [-0.1, -0.05) is 47.0 Å². The van der Waals surface area contributed by atoms with E-state index in [4.69, 9.17) is 18.9 Å². The summed E-state index contributed by atoms with van der Waals surface area (Å²) in [6.45, 7) is 1.13. The van der Waals surface area contributed by atoms with E-state index >= 15 is 0 Å². The highest BCUT2D eigenvalue weighted by atomic mass is 32.3. The number of hydrogen-bond donors (Lipinski definition) is 0. The second-order valence-corrected chi connectivity index (χ2v) is 15.3. The van der Waals surface area contributed by atoms with E-state index in [1.54, 1.807) is 42.0 Å². The van der Waals surface area contributed by atoms with E-state index in [0.717, 1.165) is 30.4 Å².